The summed E-state index contributed by atoms with van der Waals surface area (Å²) in [6, 6.07) is 9.85. The number of carbonyl (C=O) groups is 3. The van der Waals surface area contributed by atoms with Crippen molar-refractivity contribution in [1.29, 1.82) is 0 Å². The highest BCUT2D eigenvalue weighted by molar-refractivity contribution is 6.30. The van der Waals surface area contributed by atoms with Gasteiger partial charge in [0.2, 0.25) is 0 Å². The molecule has 3 rings (SSSR count). The van der Waals surface area contributed by atoms with E-state index >= 15 is 0 Å². The van der Waals surface area contributed by atoms with Crippen molar-refractivity contribution in [1.82, 2.24) is 10.6 Å². The highest BCUT2D eigenvalue weighted by atomic mass is 35.5. The number of carbonyl (C=O) groups excluding carboxylic acids is 3. The predicted molar refractivity (Wildman–Crippen MR) is 119 cm³/mol. The molecule has 0 aromatic heterocycles. The largest absolute Gasteiger partial charge is 0.493 e. The van der Waals surface area contributed by atoms with Crippen LogP contribution < -0.4 is 20.1 Å². The minimum atomic E-state index is -0.815. The van der Waals surface area contributed by atoms with Crippen LogP contribution >= 0.6 is 11.6 Å². The van der Waals surface area contributed by atoms with E-state index in [4.69, 9.17) is 30.5 Å². The first-order chi connectivity index (χ1) is 15.9. The number of methoxy groups -OCH3 is 2. The lowest BCUT2D eigenvalue weighted by Gasteiger charge is -2.29. The molecule has 0 radical (unpaired) electrons. The molecule has 174 valence electrons. The van der Waals surface area contributed by atoms with E-state index in [2.05, 4.69) is 10.6 Å². The van der Waals surface area contributed by atoms with Gasteiger partial charge >= 0.3 is 18.0 Å². The van der Waals surface area contributed by atoms with Gasteiger partial charge in [0, 0.05) is 5.02 Å². The Kier molecular flexibility index (Phi) is 7.78. The highest BCUT2D eigenvalue weighted by Crippen LogP contribution is 2.30. The van der Waals surface area contributed by atoms with Gasteiger partial charge in [-0.3, -0.25) is 0 Å². The highest BCUT2D eigenvalue weighted by Gasteiger charge is 2.34. The molecule has 0 bridgehead atoms. The monoisotopic (exact) mass is 474 g/mol. The second-order valence-corrected chi connectivity index (χ2v) is 7.28. The number of rotatable bonds is 8. The van der Waals surface area contributed by atoms with Crippen molar-refractivity contribution < 1.29 is 33.3 Å². The zero-order valence-corrected chi connectivity index (χ0v) is 19.0. The van der Waals surface area contributed by atoms with E-state index in [1.165, 1.54) is 26.4 Å². The Bertz CT molecular complexity index is 1080. The molecule has 0 spiro atoms. The smallest absolute Gasteiger partial charge is 0.338 e. The van der Waals surface area contributed by atoms with Gasteiger partial charge < -0.3 is 29.6 Å². The van der Waals surface area contributed by atoms with E-state index in [1.54, 1.807) is 37.3 Å². The average molecular weight is 475 g/mol. The van der Waals surface area contributed by atoms with Crippen LogP contribution in [0.2, 0.25) is 5.02 Å². The first-order valence-electron chi connectivity index (χ1n) is 10.00. The fourth-order valence-corrected chi connectivity index (χ4v) is 3.40. The van der Waals surface area contributed by atoms with E-state index in [0.717, 1.165) is 0 Å². The summed E-state index contributed by atoms with van der Waals surface area (Å²) in [5, 5.41) is 5.75. The van der Waals surface area contributed by atoms with Crippen LogP contribution in [0.5, 0.6) is 11.5 Å². The van der Waals surface area contributed by atoms with Gasteiger partial charge in [-0.15, -0.1) is 0 Å². The second-order valence-electron chi connectivity index (χ2n) is 6.84. The average Bonchev–Trinajstić information content (AvgIpc) is 2.82. The summed E-state index contributed by atoms with van der Waals surface area (Å²) in [6.07, 6.45) is 0. The van der Waals surface area contributed by atoms with Gasteiger partial charge in [-0.1, -0.05) is 23.7 Å². The SMILES string of the molecule is CCOC(=O)C1=C(COC(=O)c2ccc(OC)c(OC)c2)NC(=O)N[C@H]1c1ccc(Cl)cc1. The van der Waals surface area contributed by atoms with E-state index in [-0.39, 0.29) is 30.0 Å². The van der Waals surface area contributed by atoms with Crippen LogP contribution in [0.1, 0.15) is 28.9 Å². The molecule has 2 aromatic carbocycles. The number of esters is 2. The van der Waals surface area contributed by atoms with Crippen molar-refractivity contribution in [2.75, 3.05) is 27.4 Å². The van der Waals surface area contributed by atoms with Crippen molar-refractivity contribution in [2.45, 2.75) is 13.0 Å². The Hall–Kier alpha value is -3.72. The standard InChI is InChI=1S/C23H23ClN2O7/c1-4-32-22(28)19-16(25-23(29)26-20(19)13-5-8-15(24)9-6-13)12-33-21(27)14-7-10-17(30-2)18(11-14)31-3/h5-11,20H,4,12H2,1-3H3,(H2,25,26,29)/t20-/m0/s1. The van der Waals surface area contributed by atoms with Gasteiger partial charge in [0.1, 0.15) is 6.61 Å². The van der Waals surface area contributed by atoms with Crippen LogP contribution in [-0.2, 0) is 14.3 Å². The topological polar surface area (TPSA) is 112 Å². The number of halogens is 1. The van der Waals surface area contributed by atoms with Crippen LogP contribution in [0.3, 0.4) is 0 Å². The van der Waals surface area contributed by atoms with E-state index in [1.807, 2.05) is 0 Å². The molecular formula is C23H23ClN2O7. The van der Waals surface area contributed by atoms with Gasteiger partial charge in [0.25, 0.3) is 0 Å². The number of hydrogen-bond donors (Lipinski definition) is 2. The minimum Gasteiger partial charge on any atom is -0.493 e. The van der Waals surface area contributed by atoms with E-state index < -0.39 is 24.0 Å². The number of nitrogens with one attached hydrogen (secondary N) is 2. The normalized spacial score (nSPS) is 15.3. The Morgan fingerprint density at radius 2 is 1.67 bits per heavy atom. The van der Waals surface area contributed by atoms with Crippen molar-refractivity contribution in [3.63, 3.8) is 0 Å². The zero-order valence-electron chi connectivity index (χ0n) is 18.3. The Morgan fingerprint density at radius 3 is 2.30 bits per heavy atom. The van der Waals surface area contributed by atoms with Crippen LogP contribution in [-0.4, -0.2) is 45.4 Å². The maximum Gasteiger partial charge on any atom is 0.338 e. The molecule has 1 aliphatic rings. The second kappa shape index (κ2) is 10.7. The first kappa shape index (κ1) is 23.9. The lowest BCUT2D eigenvalue weighted by atomic mass is 9.95. The third-order valence-electron chi connectivity index (χ3n) is 4.82. The van der Waals surface area contributed by atoms with Crippen LogP contribution in [0.15, 0.2) is 53.7 Å². The molecule has 0 fully saturated rings. The fraction of sp³-hybridized carbons (Fsp3) is 0.261. The molecule has 9 nitrogen and oxygen atoms in total. The van der Waals surface area contributed by atoms with Gasteiger partial charge in [0.05, 0.1) is 43.7 Å². The van der Waals surface area contributed by atoms with Crippen molar-refractivity contribution in [3.8, 4) is 11.5 Å². The number of hydrogen-bond acceptors (Lipinski definition) is 7. The summed E-state index contributed by atoms with van der Waals surface area (Å²) in [4.78, 5) is 37.7. The Morgan fingerprint density at radius 1 is 0.970 bits per heavy atom. The number of urea groups is 1. The number of ether oxygens (including phenoxy) is 4. The molecule has 1 heterocycles. The Labute approximate surface area is 195 Å². The minimum absolute atomic E-state index is 0.117. The van der Waals surface area contributed by atoms with Crippen LogP contribution in [0.25, 0.3) is 0 Å². The first-order valence-corrected chi connectivity index (χ1v) is 10.4. The molecule has 1 atom stereocenters. The summed E-state index contributed by atoms with van der Waals surface area (Å²) in [6.45, 7) is 1.43. The van der Waals surface area contributed by atoms with Gasteiger partial charge in [-0.05, 0) is 42.8 Å². The molecule has 0 aliphatic carbocycles. The third-order valence-corrected chi connectivity index (χ3v) is 5.07. The Balaban J connectivity index is 1.90. The summed E-state index contributed by atoms with van der Waals surface area (Å²) in [5.41, 5.74) is 1.06. The molecule has 0 saturated carbocycles. The molecule has 2 N–H and O–H groups in total. The molecule has 0 unspecified atom stereocenters. The van der Waals surface area contributed by atoms with Crippen LogP contribution in [0, 0.1) is 0 Å². The maximum atomic E-state index is 12.8. The molecule has 33 heavy (non-hydrogen) atoms. The molecule has 10 heteroatoms. The van der Waals surface area contributed by atoms with Crippen molar-refractivity contribution in [2.24, 2.45) is 0 Å². The van der Waals surface area contributed by atoms with Crippen molar-refractivity contribution >= 4 is 29.6 Å². The van der Waals surface area contributed by atoms with Gasteiger partial charge in [0.15, 0.2) is 11.5 Å². The third kappa shape index (κ3) is 5.56. The maximum absolute atomic E-state index is 12.8. The molecule has 2 aromatic rings. The van der Waals surface area contributed by atoms with Crippen molar-refractivity contribution in [3.05, 3.63) is 69.9 Å². The summed E-state index contributed by atoms with van der Waals surface area (Å²) in [7, 11) is 2.93. The van der Waals surface area contributed by atoms with E-state index in [9.17, 15) is 14.4 Å². The van der Waals surface area contributed by atoms with E-state index in [0.29, 0.717) is 22.1 Å². The molecule has 1 aliphatic heterocycles. The predicted octanol–water partition coefficient (Wildman–Crippen LogP) is 3.39. The van der Waals surface area contributed by atoms with Gasteiger partial charge in [-0.2, -0.15) is 0 Å². The lowest BCUT2D eigenvalue weighted by Crippen LogP contribution is -2.47. The number of benzene rings is 2. The summed E-state index contributed by atoms with van der Waals surface area (Å²) in [5.74, 6) is -0.515. The lowest BCUT2D eigenvalue weighted by molar-refractivity contribution is -0.139. The zero-order chi connectivity index (χ0) is 24.0. The quantitative estimate of drug-likeness (QED) is 0.564. The van der Waals surface area contributed by atoms with Crippen LogP contribution in [0.4, 0.5) is 4.79 Å². The summed E-state index contributed by atoms with van der Waals surface area (Å²) < 4.78 is 20.9. The fourth-order valence-electron chi connectivity index (χ4n) is 3.27. The summed E-state index contributed by atoms with van der Waals surface area (Å²) >= 11 is 5.96. The molecule has 2 amide bonds. The number of amides is 2. The van der Waals surface area contributed by atoms with Gasteiger partial charge in [-0.25, -0.2) is 14.4 Å². The molecule has 0 saturated heterocycles. The molecular weight excluding hydrogens is 452 g/mol.